The van der Waals surface area contributed by atoms with Crippen LogP contribution in [0.3, 0.4) is 0 Å². The summed E-state index contributed by atoms with van der Waals surface area (Å²) in [5.74, 6) is 0. The second-order valence-corrected chi connectivity index (χ2v) is 14.4. The summed E-state index contributed by atoms with van der Waals surface area (Å²) < 4.78 is 0. The Bertz CT molecular complexity index is 1610. The van der Waals surface area contributed by atoms with Gasteiger partial charge in [0.25, 0.3) is 0 Å². The zero-order valence-corrected chi connectivity index (χ0v) is 29.5. The Morgan fingerprint density at radius 1 is 0.326 bits per heavy atom. The highest BCUT2D eigenvalue weighted by Gasteiger charge is 2.07. The molecule has 0 spiro atoms. The molecule has 0 atom stereocenters. The predicted molar refractivity (Wildman–Crippen MR) is 208 cm³/mol. The summed E-state index contributed by atoms with van der Waals surface area (Å²) >= 11 is 0. The van der Waals surface area contributed by atoms with Gasteiger partial charge in [0.1, 0.15) is 0 Å². The lowest BCUT2D eigenvalue weighted by Gasteiger charge is -2.11. The van der Waals surface area contributed by atoms with E-state index >= 15 is 0 Å². The average Bonchev–Trinajstić information content (AvgIpc) is 3.07. The van der Waals surface area contributed by atoms with E-state index in [9.17, 15) is 0 Å². The number of unbranched alkanes of at least 4 members (excludes halogenated alkanes) is 18. The van der Waals surface area contributed by atoms with Crippen molar-refractivity contribution in [2.45, 2.75) is 155 Å². The van der Waals surface area contributed by atoms with Gasteiger partial charge in [-0.3, -0.25) is 0 Å². The molecular formula is C46H62. The summed E-state index contributed by atoms with van der Waals surface area (Å²) in [5.41, 5.74) is 3.01. The number of hydrogen-bond donors (Lipinski definition) is 0. The molecular weight excluding hydrogens is 553 g/mol. The topological polar surface area (TPSA) is 0 Å². The minimum absolute atomic E-state index is 1.19. The molecule has 0 amide bonds. The van der Waals surface area contributed by atoms with Crippen molar-refractivity contribution in [1.29, 1.82) is 0 Å². The summed E-state index contributed by atoms with van der Waals surface area (Å²) in [6.07, 6.45) is 30.3. The largest absolute Gasteiger partial charge is 0.0654 e. The van der Waals surface area contributed by atoms with Gasteiger partial charge < -0.3 is 0 Å². The normalized spacial score (nSPS) is 11.9. The standard InChI is InChI=1S/C46H62/c1-3-5-7-9-11-13-15-17-19-21-24-37-28-29-39-31-42-35-45-36-46-38(25-22-20-18-16-14-12-10-8-6-4-2)26-23-27-40(46)32-43(45)34-44(42)33-41(39)30-37/h23,26-36H,3-22,24-25H2,1-2H3. The van der Waals surface area contributed by atoms with E-state index in [-0.39, 0.29) is 0 Å². The Labute approximate surface area is 281 Å². The molecule has 0 fully saturated rings. The van der Waals surface area contributed by atoms with E-state index < -0.39 is 0 Å². The van der Waals surface area contributed by atoms with Gasteiger partial charge in [-0.2, -0.15) is 0 Å². The highest BCUT2D eigenvalue weighted by molar-refractivity contribution is 6.08. The zero-order chi connectivity index (χ0) is 31.8. The van der Waals surface area contributed by atoms with Gasteiger partial charge in [0.2, 0.25) is 0 Å². The molecule has 0 nitrogen and oxygen atoms in total. The third-order valence-corrected chi connectivity index (χ3v) is 10.5. The first-order valence-corrected chi connectivity index (χ1v) is 19.6. The van der Waals surface area contributed by atoms with E-state index in [1.807, 2.05) is 0 Å². The molecule has 0 saturated heterocycles. The fourth-order valence-corrected chi connectivity index (χ4v) is 7.63. The predicted octanol–water partition coefficient (Wildman–Crippen LogP) is 15.2. The number of aryl methyl sites for hydroxylation is 2. The minimum atomic E-state index is 1.19. The zero-order valence-electron chi connectivity index (χ0n) is 29.5. The molecule has 0 N–H and O–H groups in total. The smallest absolute Gasteiger partial charge is 0.0146 e. The Hall–Kier alpha value is -2.86. The quantitative estimate of drug-likeness (QED) is 0.0537. The van der Waals surface area contributed by atoms with E-state index in [2.05, 4.69) is 86.6 Å². The van der Waals surface area contributed by atoms with Gasteiger partial charge in [0, 0.05) is 0 Å². The second kappa shape index (κ2) is 19.1. The highest BCUT2D eigenvalue weighted by atomic mass is 14.1. The van der Waals surface area contributed by atoms with Crippen LogP contribution in [0.2, 0.25) is 0 Å². The first-order valence-electron chi connectivity index (χ1n) is 19.6. The third kappa shape index (κ3) is 10.3. The number of rotatable bonds is 22. The molecule has 0 aliphatic heterocycles. The molecule has 0 radical (unpaired) electrons. The van der Waals surface area contributed by atoms with E-state index in [0.29, 0.717) is 0 Å². The van der Waals surface area contributed by atoms with Crippen LogP contribution in [0.15, 0.2) is 72.8 Å². The molecule has 5 aromatic rings. The fourth-order valence-electron chi connectivity index (χ4n) is 7.63. The second-order valence-electron chi connectivity index (χ2n) is 14.4. The van der Waals surface area contributed by atoms with Gasteiger partial charge in [0.15, 0.2) is 0 Å². The molecule has 0 unspecified atom stereocenters. The minimum Gasteiger partial charge on any atom is -0.0654 e. The van der Waals surface area contributed by atoms with Crippen LogP contribution in [0.25, 0.3) is 43.1 Å². The summed E-state index contributed by atoms with van der Waals surface area (Å²) in [6.45, 7) is 4.60. The molecule has 0 saturated carbocycles. The summed E-state index contributed by atoms with van der Waals surface area (Å²) in [7, 11) is 0. The molecule has 0 heteroatoms. The van der Waals surface area contributed by atoms with Crippen molar-refractivity contribution < 1.29 is 0 Å². The van der Waals surface area contributed by atoms with Crippen molar-refractivity contribution >= 4 is 43.1 Å². The Morgan fingerprint density at radius 2 is 0.761 bits per heavy atom. The van der Waals surface area contributed by atoms with Crippen molar-refractivity contribution in [3.8, 4) is 0 Å². The fraction of sp³-hybridized carbons (Fsp3) is 0.522. The van der Waals surface area contributed by atoms with Gasteiger partial charge in [-0.15, -0.1) is 0 Å². The lowest BCUT2D eigenvalue weighted by Crippen LogP contribution is -1.90. The Kier molecular flexibility index (Phi) is 14.3. The van der Waals surface area contributed by atoms with Gasteiger partial charge in [-0.1, -0.05) is 166 Å². The first kappa shape index (κ1) is 34.5. The molecule has 5 rings (SSSR count). The highest BCUT2D eigenvalue weighted by Crippen LogP contribution is 2.32. The monoisotopic (exact) mass is 614 g/mol. The molecule has 0 aromatic heterocycles. The molecule has 46 heavy (non-hydrogen) atoms. The van der Waals surface area contributed by atoms with Crippen molar-refractivity contribution in [2.24, 2.45) is 0 Å². The van der Waals surface area contributed by atoms with Crippen LogP contribution in [-0.2, 0) is 12.8 Å². The summed E-state index contributed by atoms with van der Waals surface area (Å²) in [5, 5.41) is 11.0. The molecule has 246 valence electrons. The lowest BCUT2D eigenvalue weighted by atomic mass is 9.94. The number of fused-ring (bicyclic) bond motifs is 4. The molecule has 0 heterocycles. The first-order chi connectivity index (χ1) is 22.7. The number of hydrogen-bond acceptors (Lipinski definition) is 0. The Balaban J connectivity index is 1.16. The van der Waals surface area contributed by atoms with Crippen LogP contribution in [0.1, 0.15) is 153 Å². The average molecular weight is 615 g/mol. The summed E-state index contributed by atoms with van der Waals surface area (Å²) in [6, 6.07) is 28.7. The van der Waals surface area contributed by atoms with Gasteiger partial charge in [-0.05, 0) is 116 Å². The molecule has 5 aromatic carbocycles. The van der Waals surface area contributed by atoms with Gasteiger partial charge in [0.05, 0.1) is 0 Å². The maximum atomic E-state index is 2.47. The lowest BCUT2D eigenvalue weighted by molar-refractivity contribution is 0.556. The third-order valence-electron chi connectivity index (χ3n) is 10.5. The Morgan fingerprint density at radius 3 is 1.33 bits per heavy atom. The van der Waals surface area contributed by atoms with Crippen LogP contribution in [0, 0.1) is 0 Å². The van der Waals surface area contributed by atoms with Crippen molar-refractivity contribution in [1.82, 2.24) is 0 Å². The molecule has 0 bridgehead atoms. The maximum Gasteiger partial charge on any atom is -0.0146 e. The van der Waals surface area contributed by atoms with E-state index in [0.717, 1.165) is 0 Å². The maximum absolute atomic E-state index is 2.47. The van der Waals surface area contributed by atoms with E-state index in [1.165, 1.54) is 195 Å². The van der Waals surface area contributed by atoms with E-state index in [1.54, 1.807) is 0 Å². The van der Waals surface area contributed by atoms with E-state index in [4.69, 9.17) is 0 Å². The van der Waals surface area contributed by atoms with Crippen LogP contribution in [0.4, 0.5) is 0 Å². The number of benzene rings is 5. The van der Waals surface area contributed by atoms with Crippen molar-refractivity contribution in [3.63, 3.8) is 0 Å². The van der Waals surface area contributed by atoms with Gasteiger partial charge in [-0.25, -0.2) is 0 Å². The van der Waals surface area contributed by atoms with Crippen LogP contribution < -0.4 is 0 Å². The molecule has 0 aliphatic rings. The van der Waals surface area contributed by atoms with Crippen molar-refractivity contribution in [2.75, 3.05) is 0 Å². The van der Waals surface area contributed by atoms with Crippen LogP contribution >= 0.6 is 0 Å². The molecule has 0 aliphatic carbocycles. The van der Waals surface area contributed by atoms with Crippen molar-refractivity contribution in [3.05, 3.63) is 83.9 Å². The van der Waals surface area contributed by atoms with Crippen LogP contribution in [0.5, 0.6) is 0 Å². The SMILES string of the molecule is CCCCCCCCCCCCc1ccc2cc3cc4cc5c(CCCCCCCCCCCC)cccc5cc4cc3cc2c1. The van der Waals surface area contributed by atoms with Gasteiger partial charge >= 0.3 is 0 Å². The van der Waals surface area contributed by atoms with Crippen LogP contribution in [-0.4, -0.2) is 0 Å². The summed E-state index contributed by atoms with van der Waals surface area (Å²) in [4.78, 5) is 0.